The minimum atomic E-state index is -0.444. The number of aliphatic imine (C=N–C) groups is 1. The van der Waals surface area contributed by atoms with Crippen molar-refractivity contribution in [1.29, 1.82) is 5.41 Å². The number of hydrazone groups is 1. The predicted octanol–water partition coefficient (Wildman–Crippen LogP) is 4.41. The first-order valence-electron chi connectivity index (χ1n) is 9.66. The molecule has 0 aliphatic carbocycles. The molecule has 9 heteroatoms. The summed E-state index contributed by atoms with van der Waals surface area (Å²) >= 11 is 2.86. The Labute approximate surface area is 182 Å². The van der Waals surface area contributed by atoms with Gasteiger partial charge in [-0.25, -0.2) is 0 Å². The van der Waals surface area contributed by atoms with Crippen molar-refractivity contribution >= 4 is 51.7 Å². The van der Waals surface area contributed by atoms with Gasteiger partial charge < -0.3 is 9.32 Å². The standard InChI is InChI=1S/C21H19N5O2S2/c1-13-4-7-15(8-5-13)29-17-9-6-14(28-17)12-16-18(22)26-20(23-19(16)27)30-21(24-26)25-10-2-3-11-25/h4-9,12,22H,2-3,10-11H2,1H3/b16-12-,22-18?. The fourth-order valence-electron chi connectivity index (χ4n) is 3.35. The molecule has 5 rings (SSSR count). The number of fused-ring (bicyclic) bond motifs is 1. The first-order valence-corrected chi connectivity index (χ1v) is 11.3. The Morgan fingerprint density at radius 1 is 1.13 bits per heavy atom. The number of furan rings is 1. The Morgan fingerprint density at radius 3 is 2.67 bits per heavy atom. The number of hydrogen-bond donors (Lipinski definition) is 1. The third kappa shape index (κ3) is 3.70. The van der Waals surface area contributed by atoms with E-state index < -0.39 is 5.91 Å². The normalized spacial score (nSPS) is 20.1. The summed E-state index contributed by atoms with van der Waals surface area (Å²) in [4.78, 5) is 20.0. The van der Waals surface area contributed by atoms with Gasteiger partial charge in [-0.3, -0.25) is 10.2 Å². The van der Waals surface area contributed by atoms with Crippen molar-refractivity contribution in [2.45, 2.75) is 29.8 Å². The fourth-order valence-corrected chi connectivity index (χ4v) is 5.07. The highest BCUT2D eigenvalue weighted by atomic mass is 32.2. The SMILES string of the molecule is Cc1ccc(Sc2ccc(/C=C3/C(=N)N4N=C(N5CCCC5)SC4=NC3=O)o2)cc1. The monoisotopic (exact) mass is 437 g/mol. The number of likely N-dealkylation sites (tertiary alicyclic amines) is 1. The van der Waals surface area contributed by atoms with Gasteiger partial charge in [-0.1, -0.05) is 29.5 Å². The number of nitrogens with one attached hydrogen (secondary N) is 1. The van der Waals surface area contributed by atoms with Crippen LogP contribution >= 0.6 is 23.5 Å². The van der Waals surface area contributed by atoms with Crippen LogP contribution in [0.1, 0.15) is 24.2 Å². The number of nitrogens with zero attached hydrogens (tertiary/aromatic N) is 4. The maximum atomic E-state index is 12.6. The van der Waals surface area contributed by atoms with Crippen LogP contribution in [-0.4, -0.2) is 45.1 Å². The van der Waals surface area contributed by atoms with Crippen molar-refractivity contribution in [3.05, 3.63) is 53.3 Å². The fraction of sp³-hybridized carbons (Fsp3) is 0.238. The number of carbonyl (C=O) groups excluding carboxylic acids is 1. The van der Waals surface area contributed by atoms with E-state index in [1.165, 1.54) is 34.1 Å². The number of aryl methyl sites for hydroxylation is 1. The summed E-state index contributed by atoms with van der Waals surface area (Å²) in [5, 5.41) is 16.4. The van der Waals surface area contributed by atoms with Gasteiger partial charge in [-0.05, 0) is 61.9 Å². The van der Waals surface area contributed by atoms with Gasteiger partial charge >= 0.3 is 0 Å². The highest BCUT2D eigenvalue weighted by Gasteiger charge is 2.37. The smallest absolute Gasteiger partial charge is 0.283 e. The topological polar surface area (TPSA) is 85.3 Å². The molecule has 1 amide bonds. The van der Waals surface area contributed by atoms with E-state index in [0.717, 1.165) is 41.1 Å². The summed E-state index contributed by atoms with van der Waals surface area (Å²) in [6.07, 6.45) is 3.84. The zero-order valence-corrected chi connectivity index (χ0v) is 17.9. The predicted molar refractivity (Wildman–Crippen MR) is 120 cm³/mol. The van der Waals surface area contributed by atoms with Gasteiger partial charge in [0.05, 0.1) is 5.57 Å². The van der Waals surface area contributed by atoms with Crippen molar-refractivity contribution in [2.75, 3.05) is 13.1 Å². The molecule has 30 heavy (non-hydrogen) atoms. The van der Waals surface area contributed by atoms with Crippen LogP contribution in [0.5, 0.6) is 0 Å². The van der Waals surface area contributed by atoms with Gasteiger partial charge in [0.1, 0.15) is 5.76 Å². The molecule has 2 aromatic rings. The van der Waals surface area contributed by atoms with Crippen molar-refractivity contribution in [3.8, 4) is 0 Å². The van der Waals surface area contributed by atoms with Crippen LogP contribution in [0.3, 0.4) is 0 Å². The summed E-state index contributed by atoms with van der Waals surface area (Å²) < 4.78 is 5.85. The molecule has 3 aliphatic heterocycles. The Bertz CT molecular complexity index is 1110. The second-order valence-corrected chi connectivity index (χ2v) is 9.18. The van der Waals surface area contributed by atoms with E-state index in [1.807, 2.05) is 25.1 Å². The molecule has 0 unspecified atom stereocenters. The average Bonchev–Trinajstić information content (AvgIpc) is 3.47. The largest absolute Gasteiger partial charge is 0.450 e. The molecule has 1 aromatic carbocycles. The van der Waals surface area contributed by atoms with Gasteiger partial charge in [0, 0.05) is 18.0 Å². The Morgan fingerprint density at radius 2 is 1.90 bits per heavy atom. The van der Waals surface area contributed by atoms with Crippen molar-refractivity contribution in [2.24, 2.45) is 10.1 Å². The van der Waals surface area contributed by atoms with E-state index in [1.54, 1.807) is 12.1 Å². The van der Waals surface area contributed by atoms with Crippen LogP contribution in [0.4, 0.5) is 0 Å². The summed E-state index contributed by atoms with van der Waals surface area (Å²) in [6, 6.07) is 11.8. The lowest BCUT2D eigenvalue weighted by molar-refractivity contribution is -0.114. The van der Waals surface area contributed by atoms with E-state index in [-0.39, 0.29) is 11.4 Å². The Hall–Kier alpha value is -2.78. The quantitative estimate of drug-likeness (QED) is 0.716. The van der Waals surface area contributed by atoms with Crippen molar-refractivity contribution in [1.82, 2.24) is 9.91 Å². The van der Waals surface area contributed by atoms with Crippen LogP contribution in [0, 0.1) is 12.3 Å². The summed E-state index contributed by atoms with van der Waals surface area (Å²) in [5.41, 5.74) is 1.38. The molecule has 0 radical (unpaired) electrons. The molecule has 0 spiro atoms. The van der Waals surface area contributed by atoms with E-state index in [2.05, 4.69) is 27.1 Å². The maximum Gasteiger partial charge on any atom is 0.283 e. The molecule has 1 fully saturated rings. The molecule has 7 nitrogen and oxygen atoms in total. The second-order valence-electron chi connectivity index (χ2n) is 7.17. The average molecular weight is 438 g/mol. The minimum absolute atomic E-state index is 0.0239. The van der Waals surface area contributed by atoms with Gasteiger partial charge in [0.15, 0.2) is 16.1 Å². The van der Waals surface area contributed by atoms with Crippen LogP contribution in [0.2, 0.25) is 0 Å². The van der Waals surface area contributed by atoms with Crippen LogP contribution < -0.4 is 0 Å². The first-order chi connectivity index (χ1) is 14.6. The van der Waals surface area contributed by atoms with Crippen LogP contribution in [0.15, 0.2) is 66.5 Å². The zero-order chi connectivity index (χ0) is 20.7. The van der Waals surface area contributed by atoms with E-state index in [4.69, 9.17) is 9.83 Å². The number of rotatable bonds is 3. The Kier molecular flexibility index (Phi) is 5.00. The molecular weight excluding hydrogens is 418 g/mol. The van der Waals surface area contributed by atoms with Crippen LogP contribution in [0.25, 0.3) is 6.08 Å². The summed E-state index contributed by atoms with van der Waals surface area (Å²) in [5.74, 6) is 0.0866. The molecular formula is C21H19N5O2S2. The van der Waals surface area contributed by atoms with E-state index in [9.17, 15) is 4.79 Å². The lowest BCUT2D eigenvalue weighted by Crippen LogP contribution is -2.35. The highest BCUT2D eigenvalue weighted by molar-refractivity contribution is 8.26. The van der Waals surface area contributed by atoms with Gasteiger partial charge in [-0.2, -0.15) is 10.0 Å². The number of benzene rings is 1. The zero-order valence-electron chi connectivity index (χ0n) is 16.3. The second kappa shape index (κ2) is 7.81. The lowest BCUT2D eigenvalue weighted by Gasteiger charge is -2.19. The minimum Gasteiger partial charge on any atom is -0.450 e. The molecule has 152 valence electrons. The molecule has 0 saturated carbocycles. The number of amidine groups is 3. The Balaban J connectivity index is 1.36. The molecule has 1 N–H and O–H groups in total. The number of carbonyl (C=O) groups is 1. The first kappa shape index (κ1) is 19.2. The third-order valence-corrected chi connectivity index (χ3v) is 6.85. The van der Waals surface area contributed by atoms with Crippen molar-refractivity contribution < 1.29 is 9.21 Å². The molecule has 4 heterocycles. The number of amides is 1. The number of hydrogen-bond acceptors (Lipinski definition) is 7. The molecule has 0 bridgehead atoms. The summed E-state index contributed by atoms with van der Waals surface area (Å²) in [7, 11) is 0. The molecule has 3 aliphatic rings. The number of thioether (sulfide) groups is 1. The third-order valence-electron chi connectivity index (χ3n) is 4.95. The summed E-state index contributed by atoms with van der Waals surface area (Å²) in [6.45, 7) is 3.95. The lowest BCUT2D eigenvalue weighted by atomic mass is 10.1. The van der Waals surface area contributed by atoms with E-state index in [0.29, 0.717) is 10.9 Å². The molecule has 0 atom stereocenters. The van der Waals surface area contributed by atoms with Crippen LogP contribution in [-0.2, 0) is 4.79 Å². The van der Waals surface area contributed by atoms with Gasteiger partial charge in [0.2, 0.25) is 5.17 Å². The maximum absolute atomic E-state index is 12.6. The van der Waals surface area contributed by atoms with Crippen molar-refractivity contribution in [3.63, 3.8) is 0 Å². The van der Waals surface area contributed by atoms with Gasteiger partial charge in [-0.15, -0.1) is 5.10 Å². The molecule has 1 aromatic heterocycles. The van der Waals surface area contributed by atoms with E-state index >= 15 is 0 Å². The highest BCUT2D eigenvalue weighted by Crippen LogP contribution is 2.33. The van der Waals surface area contributed by atoms with Gasteiger partial charge in [0.25, 0.3) is 5.91 Å². The molecule has 1 saturated heterocycles.